The summed E-state index contributed by atoms with van der Waals surface area (Å²) in [5.74, 6) is -1.61. The largest absolute Gasteiger partial charge is 0.393 e. The number of hydrogen-bond acceptors (Lipinski definition) is 2. The van der Waals surface area contributed by atoms with Gasteiger partial charge >= 0.3 is 0 Å². The Labute approximate surface area is 161 Å². The smallest absolute Gasteiger partial charge is 0.221 e. The first-order chi connectivity index (χ1) is 13.4. The molecule has 6 heteroatoms. The maximum Gasteiger partial charge on any atom is 0.221 e. The Balaban J connectivity index is 1.99. The Morgan fingerprint density at radius 3 is 2.64 bits per heavy atom. The Hall–Kier alpha value is -2.73. The number of nitrogens with two attached hydrogens (primary N) is 1. The van der Waals surface area contributed by atoms with Crippen LogP contribution < -0.4 is 5.73 Å². The Kier molecular flexibility index (Phi) is 4.67. The van der Waals surface area contributed by atoms with Crippen LogP contribution in [0.4, 0.5) is 8.78 Å². The number of nitrogens with one attached hydrogen (secondary N) is 1. The minimum Gasteiger partial charge on any atom is -0.393 e. The van der Waals surface area contributed by atoms with Crippen molar-refractivity contribution in [3.63, 3.8) is 0 Å². The predicted molar refractivity (Wildman–Crippen MR) is 104 cm³/mol. The van der Waals surface area contributed by atoms with Crippen LogP contribution in [0.1, 0.15) is 30.2 Å². The molecule has 1 aliphatic rings. The molecule has 2 unspecified atom stereocenters. The van der Waals surface area contributed by atoms with Gasteiger partial charge in [-0.3, -0.25) is 4.79 Å². The van der Waals surface area contributed by atoms with Crippen molar-refractivity contribution in [3.8, 4) is 11.1 Å². The number of aliphatic hydroxyl groups is 1. The second-order valence-electron chi connectivity index (χ2n) is 7.59. The molecule has 0 fully saturated rings. The summed E-state index contributed by atoms with van der Waals surface area (Å²) in [6, 6.07) is 7.18. The number of aromatic amines is 1. The van der Waals surface area contributed by atoms with Crippen LogP contribution in [0.3, 0.4) is 0 Å². The molecule has 0 saturated heterocycles. The number of aryl methyl sites for hydroxylation is 1. The average Bonchev–Trinajstić information content (AvgIpc) is 3.02. The SMILES string of the molecule is CC(O)C1CCc2c([nH]c3c(CC(N)=O)ccc(-c4c(F)cccc4F)c23)C1. The summed E-state index contributed by atoms with van der Waals surface area (Å²) < 4.78 is 29.0. The quantitative estimate of drug-likeness (QED) is 0.642. The van der Waals surface area contributed by atoms with Crippen molar-refractivity contribution in [1.82, 2.24) is 4.98 Å². The highest BCUT2D eigenvalue weighted by atomic mass is 19.1. The van der Waals surface area contributed by atoms with Crippen molar-refractivity contribution < 1.29 is 18.7 Å². The number of rotatable bonds is 4. The Bertz CT molecular complexity index is 1050. The second-order valence-corrected chi connectivity index (χ2v) is 7.59. The van der Waals surface area contributed by atoms with Crippen LogP contribution in [0.5, 0.6) is 0 Å². The number of hydrogen-bond donors (Lipinski definition) is 3. The fourth-order valence-electron chi connectivity index (χ4n) is 4.33. The van der Waals surface area contributed by atoms with Crippen molar-refractivity contribution in [3.05, 3.63) is 58.8 Å². The number of primary amides is 1. The zero-order chi connectivity index (χ0) is 20.0. The molecule has 146 valence electrons. The molecular weight excluding hydrogens is 362 g/mol. The third-order valence-corrected chi connectivity index (χ3v) is 5.74. The highest BCUT2D eigenvalue weighted by Gasteiger charge is 2.28. The van der Waals surface area contributed by atoms with Gasteiger partial charge in [-0.25, -0.2) is 8.78 Å². The van der Waals surface area contributed by atoms with Crippen LogP contribution in [0, 0.1) is 17.6 Å². The van der Waals surface area contributed by atoms with Gasteiger partial charge in [-0.1, -0.05) is 18.2 Å². The van der Waals surface area contributed by atoms with Crippen molar-refractivity contribution >= 4 is 16.8 Å². The van der Waals surface area contributed by atoms with E-state index in [9.17, 15) is 18.7 Å². The van der Waals surface area contributed by atoms with Gasteiger partial charge in [-0.15, -0.1) is 0 Å². The number of aromatic nitrogens is 1. The number of fused-ring (bicyclic) bond motifs is 3. The Morgan fingerprint density at radius 1 is 1.29 bits per heavy atom. The van der Waals surface area contributed by atoms with E-state index in [1.165, 1.54) is 18.2 Å². The fraction of sp³-hybridized carbons (Fsp3) is 0.318. The first-order valence-corrected chi connectivity index (χ1v) is 9.43. The lowest BCUT2D eigenvalue weighted by Gasteiger charge is -2.24. The zero-order valence-corrected chi connectivity index (χ0v) is 15.6. The van der Waals surface area contributed by atoms with E-state index in [1.54, 1.807) is 19.1 Å². The number of halogens is 2. The van der Waals surface area contributed by atoms with E-state index >= 15 is 0 Å². The van der Waals surface area contributed by atoms with Gasteiger partial charge in [0.15, 0.2) is 0 Å². The van der Waals surface area contributed by atoms with Gasteiger partial charge in [0.05, 0.1) is 23.6 Å². The maximum absolute atomic E-state index is 14.5. The first kappa shape index (κ1) is 18.6. The van der Waals surface area contributed by atoms with Crippen molar-refractivity contribution in [2.45, 2.75) is 38.7 Å². The van der Waals surface area contributed by atoms with Crippen LogP contribution in [-0.4, -0.2) is 22.1 Å². The van der Waals surface area contributed by atoms with Gasteiger partial charge < -0.3 is 15.8 Å². The van der Waals surface area contributed by atoms with Gasteiger partial charge in [-0.2, -0.15) is 0 Å². The van der Waals surface area contributed by atoms with Gasteiger partial charge in [0.25, 0.3) is 0 Å². The molecule has 0 saturated carbocycles. The van der Waals surface area contributed by atoms with E-state index in [2.05, 4.69) is 4.98 Å². The molecular formula is C22H22F2N2O2. The summed E-state index contributed by atoms with van der Waals surface area (Å²) in [7, 11) is 0. The van der Waals surface area contributed by atoms with E-state index in [4.69, 9.17) is 5.73 Å². The van der Waals surface area contributed by atoms with Crippen molar-refractivity contribution in [2.24, 2.45) is 11.7 Å². The van der Waals surface area contributed by atoms with Gasteiger partial charge in [0.1, 0.15) is 11.6 Å². The van der Waals surface area contributed by atoms with Crippen LogP contribution in [0.25, 0.3) is 22.0 Å². The first-order valence-electron chi connectivity index (χ1n) is 9.43. The maximum atomic E-state index is 14.5. The van der Waals surface area contributed by atoms with Crippen molar-refractivity contribution in [2.75, 3.05) is 0 Å². The second kappa shape index (κ2) is 7.02. The number of aliphatic hydroxyl groups excluding tert-OH is 1. The molecule has 2 atom stereocenters. The number of carbonyl (C=O) groups excluding carboxylic acids is 1. The number of H-pyrrole nitrogens is 1. The summed E-state index contributed by atoms with van der Waals surface area (Å²) in [6.07, 6.45) is 1.73. The molecule has 3 aromatic rings. The molecule has 0 radical (unpaired) electrons. The third-order valence-electron chi connectivity index (χ3n) is 5.74. The van der Waals surface area contributed by atoms with E-state index in [-0.39, 0.29) is 17.9 Å². The number of benzene rings is 2. The molecule has 28 heavy (non-hydrogen) atoms. The summed E-state index contributed by atoms with van der Waals surface area (Å²) >= 11 is 0. The monoisotopic (exact) mass is 384 g/mol. The lowest BCUT2D eigenvalue weighted by atomic mass is 9.83. The zero-order valence-electron chi connectivity index (χ0n) is 15.6. The summed E-state index contributed by atoms with van der Waals surface area (Å²) in [5.41, 5.74) is 9.12. The molecule has 1 amide bonds. The molecule has 2 aromatic carbocycles. The minimum atomic E-state index is -0.628. The molecule has 4 nitrogen and oxygen atoms in total. The number of carbonyl (C=O) groups is 1. The van der Waals surface area contributed by atoms with Crippen LogP contribution in [-0.2, 0) is 24.1 Å². The topological polar surface area (TPSA) is 79.1 Å². The predicted octanol–water partition coefficient (Wildman–Crippen LogP) is 3.63. The number of amides is 1. The molecule has 4 rings (SSSR count). The van der Waals surface area contributed by atoms with Gasteiger partial charge in [0.2, 0.25) is 5.91 Å². The minimum absolute atomic E-state index is 0.0375. The molecule has 1 heterocycles. The fourth-order valence-corrected chi connectivity index (χ4v) is 4.33. The van der Waals surface area contributed by atoms with E-state index in [1.807, 2.05) is 0 Å². The lowest BCUT2D eigenvalue weighted by molar-refractivity contribution is -0.117. The van der Waals surface area contributed by atoms with E-state index in [0.717, 1.165) is 23.1 Å². The molecule has 1 aliphatic carbocycles. The highest BCUT2D eigenvalue weighted by Crippen LogP contribution is 2.41. The molecule has 4 N–H and O–H groups in total. The van der Waals surface area contributed by atoms with Crippen LogP contribution in [0.2, 0.25) is 0 Å². The highest BCUT2D eigenvalue weighted by molar-refractivity contribution is 6.01. The molecule has 0 spiro atoms. The van der Waals surface area contributed by atoms with Gasteiger partial charge in [0, 0.05) is 11.1 Å². The lowest BCUT2D eigenvalue weighted by Crippen LogP contribution is -2.24. The normalized spacial score (nSPS) is 17.5. The van der Waals surface area contributed by atoms with E-state index in [0.29, 0.717) is 29.5 Å². The van der Waals surface area contributed by atoms with Gasteiger partial charge in [-0.05, 0) is 60.9 Å². The Morgan fingerprint density at radius 2 is 2.00 bits per heavy atom. The van der Waals surface area contributed by atoms with Crippen LogP contribution >= 0.6 is 0 Å². The molecule has 1 aromatic heterocycles. The third kappa shape index (κ3) is 3.07. The summed E-state index contributed by atoms with van der Waals surface area (Å²) in [4.78, 5) is 14.9. The van der Waals surface area contributed by atoms with Crippen molar-refractivity contribution in [1.29, 1.82) is 0 Å². The summed E-state index contributed by atoms with van der Waals surface area (Å²) in [5, 5.41) is 10.7. The molecule has 0 bridgehead atoms. The van der Waals surface area contributed by atoms with Crippen LogP contribution in [0.15, 0.2) is 30.3 Å². The molecule has 0 aliphatic heterocycles. The summed E-state index contributed by atoms with van der Waals surface area (Å²) in [6.45, 7) is 1.77. The standard InChI is InChI=1S/C22H22F2N2O2/c1-11(27)12-5-7-14-18(9-12)26-22-13(10-19(25)28)6-8-15(20(14)22)21-16(23)3-2-4-17(21)24/h2-4,6,8,11-12,26-27H,5,7,9-10H2,1H3,(H2,25,28). The van der Waals surface area contributed by atoms with E-state index < -0.39 is 23.6 Å². The average molecular weight is 384 g/mol.